The highest BCUT2D eigenvalue weighted by Crippen LogP contribution is 2.38. The van der Waals surface area contributed by atoms with Gasteiger partial charge in [0.1, 0.15) is 0 Å². The lowest BCUT2D eigenvalue weighted by molar-refractivity contribution is -0.116. The molecule has 2 aliphatic carbocycles. The summed E-state index contributed by atoms with van der Waals surface area (Å²) in [4.78, 5) is 10.9. The fraction of sp³-hybridized carbons (Fsp3) is 0.444. The van der Waals surface area contributed by atoms with Gasteiger partial charge in [-0.05, 0) is 23.6 Å². The Morgan fingerprint density at radius 1 is 1.73 bits per heavy atom. The van der Waals surface area contributed by atoms with Crippen molar-refractivity contribution in [2.75, 3.05) is 0 Å². The van der Waals surface area contributed by atoms with Crippen molar-refractivity contribution in [3.05, 3.63) is 22.8 Å². The zero-order valence-electron chi connectivity index (χ0n) is 6.42. The lowest BCUT2D eigenvalue weighted by atomic mass is 9.88. The van der Waals surface area contributed by atoms with Crippen LogP contribution < -0.4 is 0 Å². The van der Waals surface area contributed by atoms with Gasteiger partial charge in [0.25, 0.3) is 0 Å². The summed E-state index contributed by atoms with van der Waals surface area (Å²) in [7, 11) is 0. The average Bonchev–Trinajstić information content (AvgIpc) is 2.24. The molecule has 2 aliphatic rings. The van der Waals surface area contributed by atoms with Gasteiger partial charge >= 0.3 is 0 Å². The molecule has 0 aromatic heterocycles. The zero-order chi connectivity index (χ0) is 8.01. The first-order chi connectivity index (χ1) is 5.24. The molecular weight excluding hydrogens is 140 g/mol. The highest BCUT2D eigenvalue weighted by Gasteiger charge is 2.36. The maximum absolute atomic E-state index is 10.9. The van der Waals surface area contributed by atoms with Crippen molar-refractivity contribution < 1.29 is 9.90 Å². The van der Waals surface area contributed by atoms with E-state index in [0.29, 0.717) is 6.42 Å². The fourth-order valence-electron chi connectivity index (χ4n) is 1.64. The van der Waals surface area contributed by atoms with Crippen LogP contribution in [-0.4, -0.2) is 17.0 Å². The number of Topliss-reactive ketones (excluding diaryl/α,β-unsaturated/α-hetero) is 1. The number of hydrogen-bond donors (Lipinski definition) is 1. The molecule has 0 spiro atoms. The van der Waals surface area contributed by atoms with Gasteiger partial charge in [0.05, 0.1) is 6.10 Å². The van der Waals surface area contributed by atoms with Crippen molar-refractivity contribution in [1.29, 1.82) is 0 Å². The summed E-state index contributed by atoms with van der Waals surface area (Å²) in [6, 6.07) is 0. The Balaban J connectivity index is 2.33. The molecule has 0 heterocycles. The van der Waals surface area contributed by atoms with Gasteiger partial charge in [0.2, 0.25) is 0 Å². The Kier molecular flexibility index (Phi) is 1.26. The first kappa shape index (κ1) is 6.80. The molecule has 0 aromatic carbocycles. The van der Waals surface area contributed by atoms with E-state index in [2.05, 4.69) is 0 Å². The van der Waals surface area contributed by atoms with Gasteiger partial charge in [0, 0.05) is 12.0 Å². The number of hydrogen-bond acceptors (Lipinski definition) is 2. The second kappa shape index (κ2) is 2.05. The summed E-state index contributed by atoms with van der Waals surface area (Å²) in [5, 5.41) is 9.52. The molecule has 2 heteroatoms. The second-order valence-corrected chi connectivity index (χ2v) is 3.01. The smallest absolute Gasteiger partial charge is 0.167 e. The molecule has 0 fully saturated rings. The third-order valence-corrected chi connectivity index (χ3v) is 2.42. The van der Waals surface area contributed by atoms with E-state index >= 15 is 0 Å². The third-order valence-electron chi connectivity index (χ3n) is 2.42. The van der Waals surface area contributed by atoms with Gasteiger partial charge in [0.15, 0.2) is 5.78 Å². The van der Waals surface area contributed by atoms with Crippen molar-refractivity contribution in [2.45, 2.75) is 25.9 Å². The summed E-state index contributed by atoms with van der Waals surface area (Å²) in [5.41, 5.74) is 2.70. The van der Waals surface area contributed by atoms with Crippen molar-refractivity contribution in [3.8, 4) is 0 Å². The topological polar surface area (TPSA) is 37.3 Å². The molecule has 0 aliphatic heterocycles. The zero-order valence-corrected chi connectivity index (χ0v) is 6.42. The van der Waals surface area contributed by atoms with E-state index in [1.165, 1.54) is 0 Å². The molecule has 0 aromatic rings. The minimum Gasteiger partial charge on any atom is -0.384 e. The molecule has 11 heavy (non-hydrogen) atoms. The Morgan fingerprint density at radius 2 is 2.45 bits per heavy atom. The standard InChI is InChI=1S/C9H10O2/c1-2-5-3-6-7(9(5)11)4-8(6)10/h3,9,11H,2,4H2,1H3. The first-order valence-electron chi connectivity index (χ1n) is 3.88. The average molecular weight is 150 g/mol. The van der Waals surface area contributed by atoms with E-state index in [-0.39, 0.29) is 5.78 Å². The molecule has 1 N–H and O–H groups in total. The number of aliphatic hydroxyl groups is 1. The van der Waals surface area contributed by atoms with Crippen molar-refractivity contribution >= 4 is 5.78 Å². The Morgan fingerprint density at radius 3 is 2.91 bits per heavy atom. The number of carbonyl (C=O) groups excluding carboxylic acids is 1. The summed E-state index contributed by atoms with van der Waals surface area (Å²) >= 11 is 0. The maximum atomic E-state index is 10.9. The van der Waals surface area contributed by atoms with Crippen molar-refractivity contribution in [3.63, 3.8) is 0 Å². The number of allylic oxidation sites excluding steroid dienone is 2. The molecule has 2 nitrogen and oxygen atoms in total. The van der Waals surface area contributed by atoms with Crippen LogP contribution in [0, 0.1) is 0 Å². The largest absolute Gasteiger partial charge is 0.384 e. The van der Waals surface area contributed by atoms with E-state index < -0.39 is 6.10 Å². The van der Waals surface area contributed by atoms with Crippen LogP contribution in [0.2, 0.25) is 0 Å². The van der Waals surface area contributed by atoms with Crippen LogP contribution in [0.3, 0.4) is 0 Å². The second-order valence-electron chi connectivity index (χ2n) is 3.01. The first-order valence-corrected chi connectivity index (χ1v) is 3.88. The summed E-state index contributed by atoms with van der Waals surface area (Å²) in [5.74, 6) is 0.183. The summed E-state index contributed by atoms with van der Waals surface area (Å²) < 4.78 is 0. The van der Waals surface area contributed by atoms with Gasteiger partial charge in [-0.3, -0.25) is 4.79 Å². The summed E-state index contributed by atoms with van der Waals surface area (Å²) in [6.07, 6.45) is 2.71. The van der Waals surface area contributed by atoms with Crippen LogP contribution in [0.25, 0.3) is 0 Å². The van der Waals surface area contributed by atoms with Crippen molar-refractivity contribution in [1.82, 2.24) is 0 Å². The normalized spacial score (nSPS) is 28.4. The maximum Gasteiger partial charge on any atom is 0.167 e. The Hall–Kier alpha value is -0.890. The lowest BCUT2D eigenvalue weighted by Crippen LogP contribution is -2.21. The molecule has 0 radical (unpaired) electrons. The Labute approximate surface area is 65.2 Å². The van der Waals surface area contributed by atoms with Gasteiger partial charge in [-0.15, -0.1) is 0 Å². The number of ketones is 1. The minimum absolute atomic E-state index is 0.183. The van der Waals surface area contributed by atoms with Gasteiger partial charge in [-0.2, -0.15) is 0 Å². The molecule has 58 valence electrons. The highest BCUT2D eigenvalue weighted by molar-refractivity contribution is 6.08. The highest BCUT2D eigenvalue weighted by atomic mass is 16.3. The van der Waals surface area contributed by atoms with Crippen LogP contribution in [0.5, 0.6) is 0 Å². The molecule has 0 bridgehead atoms. The molecule has 1 atom stereocenters. The molecule has 0 saturated heterocycles. The van der Waals surface area contributed by atoms with E-state index in [0.717, 1.165) is 23.1 Å². The Bertz CT molecular complexity index is 284. The number of carbonyl (C=O) groups is 1. The predicted octanol–water partition coefficient (Wildman–Crippen LogP) is 0.967. The minimum atomic E-state index is -0.437. The van der Waals surface area contributed by atoms with Gasteiger partial charge < -0.3 is 5.11 Å². The van der Waals surface area contributed by atoms with Gasteiger partial charge in [-0.25, -0.2) is 0 Å². The summed E-state index contributed by atoms with van der Waals surface area (Å²) in [6.45, 7) is 1.99. The number of aliphatic hydroxyl groups excluding tert-OH is 1. The van der Waals surface area contributed by atoms with E-state index in [1.54, 1.807) is 0 Å². The molecule has 2 rings (SSSR count). The van der Waals surface area contributed by atoms with E-state index in [1.807, 2.05) is 13.0 Å². The van der Waals surface area contributed by atoms with E-state index in [9.17, 15) is 9.90 Å². The van der Waals surface area contributed by atoms with Crippen LogP contribution in [0.15, 0.2) is 22.8 Å². The number of rotatable bonds is 1. The van der Waals surface area contributed by atoms with Crippen LogP contribution >= 0.6 is 0 Å². The van der Waals surface area contributed by atoms with Crippen LogP contribution in [0.1, 0.15) is 19.8 Å². The molecule has 1 unspecified atom stereocenters. The third kappa shape index (κ3) is 0.730. The quantitative estimate of drug-likeness (QED) is 0.604. The van der Waals surface area contributed by atoms with Crippen molar-refractivity contribution in [2.24, 2.45) is 0 Å². The fourth-order valence-corrected chi connectivity index (χ4v) is 1.64. The SMILES string of the molecule is CCC1=CC2=C(CC2=O)C1O. The monoisotopic (exact) mass is 150 g/mol. The van der Waals surface area contributed by atoms with E-state index in [4.69, 9.17) is 0 Å². The predicted molar refractivity (Wildman–Crippen MR) is 41.0 cm³/mol. The molecule has 0 saturated carbocycles. The van der Waals surface area contributed by atoms with Crippen LogP contribution in [0.4, 0.5) is 0 Å². The lowest BCUT2D eigenvalue weighted by Gasteiger charge is -2.18. The molecule has 0 amide bonds. The van der Waals surface area contributed by atoms with Gasteiger partial charge in [-0.1, -0.05) is 6.92 Å². The van der Waals surface area contributed by atoms with Crippen LogP contribution in [-0.2, 0) is 4.79 Å². The molecular formula is C9H10O2.